The molecule has 1 aliphatic carbocycles. The zero-order chi connectivity index (χ0) is 17.9. The van der Waals surface area contributed by atoms with Crippen LogP contribution in [-0.4, -0.2) is 15.9 Å². The van der Waals surface area contributed by atoms with Gasteiger partial charge in [-0.05, 0) is 37.1 Å². The zero-order valence-electron chi connectivity index (χ0n) is 14.7. The number of benzene rings is 1. The van der Waals surface area contributed by atoms with Crippen molar-refractivity contribution >= 4 is 28.4 Å². The van der Waals surface area contributed by atoms with E-state index in [9.17, 15) is 4.79 Å². The first-order valence-corrected chi connectivity index (χ1v) is 9.27. The lowest BCUT2D eigenvalue weighted by Crippen LogP contribution is -2.26. The molecular formula is C20H24N5O+. The number of carbonyl (C=O) groups excluding carboxylic acids is 1. The number of nitrogens with zero attached hydrogens (tertiary/aromatic N) is 1. The zero-order valence-corrected chi connectivity index (χ0v) is 14.7. The van der Waals surface area contributed by atoms with Crippen molar-refractivity contribution in [3.05, 3.63) is 36.5 Å². The third-order valence-electron chi connectivity index (χ3n) is 5.08. The van der Waals surface area contributed by atoms with Gasteiger partial charge in [0, 0.05) is 11.3 Å². The van der Waals surface area contributed by atoms with Gasteiger partial charge in [-0.3, -0.25) is 0 Å². The molecule has 6 nitrogen and oxygen atoms in total. The van der Waals surface area contributed by atoms with E-state index in [4.69, 9.17) is 5.73 Å². The third kappa shape index (κ3) is 3.54. The number of fused-ring (bicyclic) bond motifs is 1. The molecule has 0 radical (unpaired) electrons. The fraction of sp³-hybridized carbons (Fsp3) is 0.350. The molecule has 0 bridgehead atoms. The minimum Gasteiger partial charge on any atom is -0.399 e. The van der Waals surface area contributed by atoms with Gasteiger partial charge in [-0.25, -0.2) is 20.1 Å². The molecule has 0 spiro atoms. The molecule has 2 heterocycles. The first-order valence-electron chi connectivity index (χ1n) is 9.27. The largest absolute Gasteiger partial charge is 0.399 e. The van der Waals surface area contributed by atoms with Crippen molar-refractivity contribution in [3.63, 3.8) is 0 Å². The van der Waals surface area contributed by atoms with Crippen LogP contribution in [0, 0.1) is 5.92 Å². The highest BCUT2D eigenvalue weighted by Gasteiger charge is 2.24. The SMILES string of the molecule is Nc1ccc(-c2nc3cc(NC(=O)C4CCCCCC4)[nH+]cc3[nH]2)cc1. The summed E-state index contributed by atoms with van der Waals surface area (Å²) in [6.45, 7) is 0. The summed E-state index contributed by atoms with van der Waals surface area (Å²) < 4.78 is 0. The number of aromatic nitrogens is 3. The van der Waals surface area contributed by atoms with Crippen LogP contribution in [0.15, 0.2) is 36.5 Å². The average molecular weight is 350 g/mol. The highest BCUT2D eigenvalue weighted by Crippen LogP contribution is 2.25. The standard InChI is InChI=1S/C20H23N5O/c21-15-9-7-13(8-10-15)19-23-16-11-18(22-12-17(16)24-19)25-20(26)14-5-3-1-2-4-6-14/h7-12,14H,1-6,21H2,(H,23,24)(H,22,25,26)/p+1. The molecule has 1 saturated carbocycles. The van der Waals surface area contributed by atoms with Gasteiger partial charge in [0.2, 0.25) is 0 Å². The van der Waals surface area contributed by atoms with E-state index in [1.165, 1.54) is 12.8 Å². The predicted molar refractivity (Wildman–Crippen MR) is 102 cm³/mol. The third-order valence-corrected chi connectivity index (χ3v) is 5.08. The molecule has 1 amide bonds. The number of nitrogen functional groups attached to an aromatic ring is 1. The Labute approximate surface area is 152 Å². The van der Waals surface area contributed by atoms with E-state index in [0.717, 1.165) is 53.8 Å². The van der Waals surface area contributed by atoms with E-state index in [-0.39, 0.29) is 11.8 Å². The summed E-state index contributed by atoms with van der Waals surface area (Å²) in [5.74, 6) is 1.69. The molecule has 1 fully saturated rings. The van der Waals surface area contributed by atoms with Gasteiger partial charge < -0.3 is 10.7 Å². The lowest BCUT2D eigenvalue weighted by atomic mass is 9.99. The molecule has 0 saturated heterocycles. The monoisotopic (exact) mass is 350 g/mol. The number of H-pyrrole nitrogens is 2. The van der Waals surface area contributed by atoms with E-state index in [1.54, 1.807) is 0 Å². The second-order valence-electron chi connectivity index (χ2n) is 7.03. The van der Waals surface area contributed by atoms with Crippen LogP contribution in [0.2, 0.25) is 0 Å². The number of nitrogens with one attached hydrogen (secondary N) is 3. The highest BCUT2D eigenvalue weighted by molar-refractivity contribution is 5.92. The lowest BCUT2D eigenvalue weighted by molar-refractivity contribution is -0.358. The van der Waals surface area contributed by atoms with Crippen LogP contribution < -0.4 is 16.0 Å². The topological polar surface area (TPSA) is 97.9 Å². The summed E-state index contributed by atoms with van der Waals surface area (Å²) in [4.78, 5) is 23.6. The van der Waals surface area contributed by atoms with Gasteiger partial charge >= 0.3 is 5.91 Å². The first kappa shape index (κ1) is 16.6. The number of hydrogen-bond acceptors (Lipinski definition) is 3. The van der Waals surface area contributed by atoms with Crippen molar-refractivity contribution in [1.82, 2.24) is 9.97 Å². The van der Waals surface area contributed by atoms with Crippen molar-refractivity contribution < 1.29 is 9.78 Å². The first-order chi connectivity index (χ1) is 12.7. The minimum atomic E-state index is 0.108. The molecule has 0 atom stereocenters. The van der Waals surface area contributed by atoms with Crippen molar-refractivity contribution in [2.45, 2.75) is 38.5 Å². The summed E-state index contributed by atoms with van der Waals surface area (Å²) >= 11 is 0. The Balaban J connectivity index is 1.53. The van der Waals surface area contributed by atoms with Crippen LogP contribution in [0.5, 0.6) is 0 Å². The van der Waals surface area contributed by atoms with Crippen LogP contribution in [0.1, 0.15) is 38.5 Å². The molecule has 2 aromatic heterocycles. The van der Waals surface area contributed by atoms with Crippen LogP contribution in [0.25, 0.3) is 22.4 Å². The molecular weight excluding hydrogens is 326 g/mol. The second kappa shape index (κ2) is 7.15. The molecule has 26 heavy (non-hydrogen) atoms. The van der Waals surface area contributed by atoms with Crippen molar-refractivity contribution in [3.8, 4) is 11.4 Å². The fourth-order valence-corrected chi connectivity index (χ4v) is 3.57. The number of aromatic amines is 2. The van der Waals surface area contributed by atoms with Crippen LogP contribution in [0.4, 0.5) is 11.5 Å². The fourth-order valence-electron chi connectivity index (χ4n) is 3.57. The molecule has 134 valence electrons. The maximum absolute atomic E-state index is 12.5. The number of nitrogens with two attached hydrogens (primary N) is 1. The number of imidazole rings is 1. The second-order valence-corrected chi connectivity index (χ2v) is 7.03. The molecule has 3 aromatic rings. The van der Waals surface area contributed by atoms with E-state index in [2.05, 4.69) is 20.3 Å². The molecule has 1 aliphatic rings. The Kier molecular flexibility index (Phi) is 4.56. The Bertz CT molecular complexity index is 908. The Morgan fingerprint density at radius 3 is 2.62 bits per heavy atom. The van der Waals surface area contributed by atoms with E-state index >= 15 is 0 Å². The summed E-state index contributed by atoms with van der Waals surface area (Å²) in [7, 11) is 0. The van der Waals surface area contributed by atoms with Gasteiger partial charge in [0.15, 0.2) is 0 Å². The summed E-state index contributed by atoms with van der Waals surface area (Å²) in [6, 6.07) is 9.46. The highest BCUT2D eigenvalue weighted by atomic mass is 16.1. The van der Waals surface area contributed by atoms with Gasteiger partial charge in [-0.15, -0.1) is 0 Å². The van der Waals surface area contributed by atoms with Gasteiger partial charge in [-0.1, -0.05) is 25.7 Å². The normalized spacial score (nSPS) is 15.7. The molecule has 1 aromatic carbocycles. The predicted octanol–water partition coefficient (Wildman–Crippen LogP) is 3.54. The Morgan fingerprint density at radius 1 is 1.15 bits per heavy atom. The van der Waals surface area contributed by atoms with Crippen LogP contribution >= 0.6 is 0 Å². The van der Waals surface area contributed by atoms with Crippen LogP contribution in [0.3, 0.4) is 0 Å². The van der Waals surface area contributed by atoms with Crippen molar-refractivity contribution in [1.29, 1.82) is 0 Å². The van der Waals surface area contributed by atoms with Gasteiger partial charge in [0.1, 0.15) is 23.1 Å². The summed E-state index contributed by atoms with van der Waals surface area (Å²) in [6.07, 6.45) is 8.57. The van der Waals surface area contributed by atoms with E-state index in [1.807, 2.05) is 36.5 Å². The number of amides is 1. The maximum Gasteiger partial charge on any atom is 0.310 e. The maximum atomic E-state index is 12.5. The summed E-state index contributed by atoms with van der Waals surface area (Å²) in [5, 5.41) is 3.02. The van der Waals surface area contributed by atoms with Gasteiger partial charge in [0.05, 0.1) is 12.0 Å². The molecule has 0 aliphatic heterocycles. The average Bonchev–Trinajstić information content (AvgIpc) is 2.87. The number of rotatable bonds is 3. The number of pyridine rings is 1. The quantitative estimate of drug-likeness (QED) is 0.498. The molecule has 0 unspecified atom stereocenters. The van der Waals surface area contributed by atoms with E-state index in [0.29, 0.717) is 5.82 Å². The molecule has 5 N–H and O–H groups in total. The van der Waals surface area contributed by atoms with E-state index < -0.39 is 0 Å². The minimum absolute atomic E-state index is 0.108. The van der Waals surface area contributed by atoms with Crippen molar-refractivity contribution in [2.75, 3.05) is 11.1 Å². The lowest BCUT2D eigenvalue weighted by Gasteiger charge is -2.09. The number of anilines is 2. The number of hydrogen-bond donors (Lipinski definition) is 3. The molecule has 6 heteroatoms. The van der Waals surface area contributed by atoms with Crippen molar-refractivity contribution in [2.24, 2.45) is 5.92 Å². The Hall–Kier alpha value is -2.89. The number of carbonyl (C=O) groups is 1. The summed E-state index contributed by atoms with van der Waals surface area (Å²) in [5.41, 5.74) is 9.14. The Morgan fingerprint density at radius 2 is 1.88 bits per heavy atom. The van der Waals surface area contributed by atoms with Gasteiger partial charge in [0.25, 0.3) is 5.82 Å². The molecule has 4 rings (SSSR count). The smallest absolute Gasteiger partial charge is 0.310 e. The van der Waals surface area contributed by atoms with Gasteiger partial charge in [-0.2, -0.15) is 0 Å². The van der Waals surface area contributed by atoms with Crippen LogP contribution in [-0.2, 0) is 4.79 Å².